The van der Waals surface area contributed by atoms with E-state index < -0.39 is 10.0 Å². The third-order valence-corrected chi connectivity index (χ3v) is 4.81. The second-order valence-electron chi connectivity index (χ2n) is 5.55. The Kier molecular flexibility index (Phi) is 5.58. The standard InChI is InChI=1S/C17H21N3O3S/c1-13(15-8-10-16(11-9-15)24(18,22)23)20(2)17(21)19-12-14-6-4-3-5-7-14/h3-11,13H,12H2,1-2H3,(H,19,21)(H2,18,22,23)/t13-/m1/s1. The van der Waals surface area contributed by atoms with Gasteiger partial charge in [-0.05, 0) is 30.2 Å². The molecule has 128 valence electrons. The molecule has 0 aliphatic carbocycles. The van der Waals surface area contributed by atoms with Gasteiger partial charge in [0, 0.05) is 13.6 Å². The lowest BCUT2D eigenvalue weighted by atomic mass is 10.1. The molecule has 0 aromatic heterocycles. The summed E-state index contributed by atoms with van der Waals surface area (Å²) in [4.78, 5) is 13.9. The van der Waals surface area contributed by atoms with Crippen LogP contribution in [-0.4, -0.2) is 26.4 Å². The lowest BCUT2D eigenvalue weighted by molar-refractivity contribution is 0.194. The molecule has 2 aromatic rings. The van der Waals surface area contributed by atoms with Crippen molar-refractivity contribution in [2.24, 2.45) is 5.14 Å². The van der Waals surface area contributed by atoms with Crippen molar-refractivity contribution in [3.63, 3.8) is 0 Å². The van der Waals surface area contributed by atoms with Crippen LogP contribution in [0.2, 0.25) is 0 Å². The van der Waals surface area contributed by atoms with Crippen molar-refractivity contribution in [3.05, 3.63) is 65.7 Å². The van der Waals surface area contributed by atoms with Gasteiger partial charge in [-0.25, -0.2) is 18.4 Å². The summed E-state index contributed by atoms with van der Waals surface area (Å²) < 4.78 is 22.6. The predicted octanol–water partition coefficient (Wildman–Crippen LogP) is 2.24. The first kappa shape index (κ1) is 18.0. The van der Waals surface area contributed by atoms with Crippen LogP contribution in [0.4, 0.5) is 4.79 Å². The van der Waals surface area contributed by atoms with Crippen LogP contribution in [0.3, 0.4) is 0 Å². The molecule has 2 rings (SSSR count). The van der Waals surface area contributed by atoms with Crippen LogP contribution in [0.1, 0.15) is 24.1 Å². The van der Waals surface area contributed by atoms with Crippen molar-refractivity contribution >= 4 is 16.1 Å². The van der Waals surface area contributed by atoms with Gasteiger partial charge in [0.05, 0.1) is 10.9 Å². The SMILES string of the molecule is C[C@H](c1ccc(S(N)(=O)=O)cc1)N(C)C(=O)NCc1ccccc1. The summed E-state index contributed by atoms with van der Waals surface area (Å²) in [5.41, 5.74) is 1.84. The van der Waals surface area contributed by atoms with Gasteiger partial charge in [-0.2, -0.15) is 0 Å². The van der Waals surface area contributed by atoms with Crippen molar-refractivity contribution < 1.29 is 13.2 Å². The highest BCUT2D eigenvalue weighted by molar-refractivity contribution is 7.89. The van der Waals surface area contributed by atoms with Crippen LogP contribution in [0.5, 0.6) is 0 Å². The van der Waals surface area contributed by atoms with E-state index >= 15 is 0 Å². The molecule has 7 heteroatoms. The quantitative estimate of drug-likeness (QED) is 0.869. The molecule has 0 saturated carbocycles. The van der Waals surface area contributed by atoms with E-state index in [2.05, 4.69) is 5.32 Å². The average molecular weight is 347 g/mol. The van der Waals surface area contributed by atoms with E-state index in [1.165, 1.54) is 12.1 Å². The number of nitrogens with one attached hydrogen (secondary N) is 1. The van der Waals surface area contributed by atoms with Gasteiger partial charge in [-0.15, -0.1) is 0 Å². The number of nitrogens with two attached hydrogens (primary N) is 1. The lowest BCUT2D eigenvalue weighted by Gasteiger charge is -2.25. The van der Waals surface area contributed by atoms with Gasteiger partial charge < -0.3 is 10.2 Å². The molecule has 0 radical (unpaired) electrons. The molecule has 0 saturated heterocycles. The van der Waals surface area contributed by atoms with Crippen LogP contribution in [0.15, 0.2) is 59.5 Å². The third-order valence-electron chi connectivity index (χ3n) is 3.88. The van der Waals surface area contributed by atoms with Gasteiger partial charge in [-0.3, -0.25) is 0 Å². The highest BCUT2D eigenvalue weighted by atomic mass is 32.2. The van der Waals surface area contributed by atoms with Crippen molar-refractivity contribution in [1.29, 1.82) is 0 Å². The smallest absolute Gasteiger partial charge is 0.317 e. The van der Waals surface area contributed by atoms with Crippen molar-refractivity contribution in [3.8, 4) is 0 Å². The number of rotatable bonds is 5. The molecule has 0 unspecified atom stereocenters. The Morgan fingerprint density at radius 1 is 1.12 bits per heavy atom. The lowest BCUT2D eigenvalue weighted by Crippen LogP contribution is -2.38. The number of amides is 2. The molecule has 0 bridgehead atoms. The minimum absolute atomic E-state index is 0.0506. The van der Waals surface area contributed by atoms with E-state index in [0.717, 1.165) is 11.1 Å². The third kappa shape index (κ3) is 4.56. The first-order valence-electron chi connectivity index (χ1n) is 7.46. The summed E-state index contributed by atoms with van der Waals surface area (Å²) in [6, 6.07) is 15.4. The van der Waals surface area contributed by atoms with Gasteiger partial charge in [0.25, 0.3) is 0 Å². The monoisotopic (exact) mass is 347 g/mol. The summed E-state index contributed by atoms with van der Waals surface area (Å²) in [5.74, 6) is 0. The number of nitrogens with zero attached hydrogens (tertiary/aromatic N) is 1. The van der Waals surface area contributed by atoms with Gasteiger partial charge >= 0.3 is 6.03 Å². The van der Waals surface area contributed by atoms with Crippen LogP contribution in [0, 0.1) is 0 Å². The zero-order chi connectivity index (χ0) is 17.7. The summed E-state index contributed by atoms with van der Waals surface area (Å²) in [7, 11) is -2.02. The minimum Gasteiger partial charge on any atom is -0.334 e. The zero-order valence-corrected chi connectivity index (χ0v) is 14.5. The number of carbonyl (C=O) groups is 1. The first-order chi connectivity index (χ1) is 11.3. The summed E-state index contributed by atoms with van der Waals surface area (Å²) in [5, 5.41) is 7.94. The number of carbonyl (C=O) groups excluding carboxylic acids is 1. The molecule has 0 heterocycles. The van der Waals surface area contributed by atoms with Gasteiger partial charge in [0.1, 0.15) is 0 Å². The van der Waals surface area contributed by atoms with E-state index in [4.69, 9.17) is 5.14 Å². The zero-order valence-electron chi connectivity index (χ0n) is 13.6. The van der Waals surface area contributed by atoms with E-state index in [-0.39, 0.29) is 17.0 Å². The Morgan fingerprint density at radius 2 is 1.71 bits per heavy atom. The summed E-state index contributed by atoms with van der Waals surface area (Å²) >= 11 is 0. The number of urea groups is 1. The van der Waals surface area contributed by atoms with E-state index in [1.807, 2.05) is 37.3 Å². The molecule has 0 fully saturated rings. The van der Waals surface area contributed by atoms with Crippen LogP contribution >= 0.6 is 0 Å². The number of benzene rings is 2. The molecule has 0 aliphatic heterocycles. The molecule has 2 aromatic carbocycles. The molecule has 2 amide bonds. The molecule has 0 aliphatic rings. The van der Waals surface area contributed by atoms with E-state index in [1.54, 1.807) is 24.1 Å². The number of primary sulfonamides is 1. The van der Waals surface area contributed by atoms with E-state index in [0.29, 0.717) is 6.54 Å². The second kappa shape index (κ2) is 7.46. The summed E-state index contributed by atoms with van der Waals surface area (Å²) in [6.45, 7) is 2.31. The fourth-order valence-corrected chi connectivity index (χ4v) is 2.75. The molecule has 0 spiro atoms. The summed E-state index contributed by atoms with van der Waals surface area (Å²) in [6.07, 6.45) is 0. The Bertz CT molecular complexity index is 790. The molecular weight excluding hydrogens is 326 g/mol. The fraction of sp³-hybridized carbons (Fsp3) is 0.235. The van der Waals surface area contributed by atoms with Gasteiger partial charge in [0.15, 0.2) is 0 Å². The van der Waals surface area contributed by atoms with Crippen LogP contribution in [-0.2, 0) is 16.6 Å². The van der Waals surface area contributed by atoms with E-state index in [9.17, 15) is 13.2 Å². The maximum atomic E-state index is 12.3. The molecule has 1 atom stereocenters. The predicted molar refractivity (Wildman–Crippen MR) is 92.7 cm³/mol. The highest BCUT2D eigenvalue weighted by Crippen LogP contribution is 2.20. The van der Waals surface area contributed by atoms with Crippen molar-refractivity contribution in [2.45, 2.75) is 24.4 Å². The van der Waals surface area contributed by atoms with Gasteiger partial charge in [0.2, 0.25) is 10.0 Å². The van der Waals surface area contributed by atoms with Gasteiger partial charge in [-0.1, -0.05) is 42.5 Å². The Balaban J connectivity index is 2.00. The molecular formula is C17H21N3O3S. The average Bonchev–Trinajstić information content (AvgIpc) is 2.58. The number of hydrogen-bond donors (Lipinski definition) is 2. The Hall–Kier alpha value is -2.38. The Labute approximate surface area is 142 Å². The second-order valence-corrected chi connectivity index (χ2v) is 7.11. The maximum Gasteiger partial charge on any atom is 0.317 e. The van der Waals surface area contributed by atoms with Crippen LogP contribution in [0.25, 0.3) is 0 Å². The van der Waals surface area contributed by atoms with Crippen LogP contribution < -0.4 is 10.5 Å². The Morgan fingerprint density at radius 3 is 2.25 bits per heavy atom. The minimum atomic E-state index is -3.71. The van der Waals surface area contributed by atoms with Crippen molar-refractivity contribution in [1.82, 2.24) is 10.2 Å². The largest absolute Gasteiger partial charge is 0.334 e. The van der Waals surface area contributed by atoms with Crippen molar-refractivity contribution in [2.75, 3.05) is 7.05 Å². The normalized spacial score (nSPS) is 12.5. The molecule has 3 N–H and O–H groups in total. The molecule has 24 heavy (non-hydrogen) atoms. The first-order valence-corrected chi connectivity index (χ1v) is 9.01. The number of hydrogen-bond acceptors (Lipinski definition) is 3. The topological polar surface area (TPSA) is 92.5 Å². The number of sulfonamides is 1. The maximum absolute atomic E-state index is 12.3. The fourth-order valence-electron chi connectivity index (χ4n) is 2.23. The highest BCUT2D eigenvalue weighted by Gasteiger charge is 2.18. The molecule has 6 nitrogen and oxygen atoms in total.